The van der Waals surface area contributed by atoms with Crippen molar-refractivity contribution in [2.75, 3.05) is 31.6 Å². The van der Waals surface area contributed by atoms with Crippen LogP contribution in [0.3, 0.4) is 0 Å². The number of carbonyl (C=O) groups excluding carboxylic acids is 2. The van der Waals surface area contributed by atoms with E-state index in [1.54, 1.807) is 24.1 Å². The number of benzene rings is 2. The molecule has 0 bridgehead atoms. The molecule has 2 aromatic rings. The van der Waals surface area contributed by atoms with Crippen LogP contribution in [0.25, 0.3) is 0 Å². The number of piperidine rings is 1. The van der Waals surface area contributed by atoms with Crippen LogP contribution >= 0.6 is 0 Å². The molecule has 170 valence electrons. The Bertz CT molecular complexity index is 1080. The molecule has 2 amide bonds. The van der Waals surface area contributed by atoms with Crippen molar-refractivity contribution in [3.63, 3.8) is 0 Å². The highest BCUT2D eigenvalue weighted by molar-refractivity contribution is 7.89. The van der Waals surface area contributed by atoms with Gasteiger partial charge >= 0.3 is 0 Å². The second-order valence-electron chi connectivity index (χ2n) is 8.07. The fraction of sp³-hybridized carbons (Fsp3) is 0.391. The van der Waals surface area contributed by atoms with Crippen molar-refractivity contribution in [1.82, 2.24) is 9.62 Å². The van der Waals surface area contributed by atoms with Crippen molar-refractivity contribution < 1.29 is 22.7 Å². The average Bonchev–Trinajstić information content (AvgIpc) is 3.19. The lowest BCUT2D eigenvalue weighted by Gasteiger charge is -2.25. The molecule has 0 unspecified atom stereocenters. The first-order valence-electron chi connectivity index (χ1n) is 10.7. The summed E-state index contributed by atoms with van der Waals surface area (Å²) in [5.74, 6) is 0.306. The number of nitrogens with one attached hydrogen (secondary N) is 1. The Morgan fingerprint density at radius 2 is 1.66 bits per heavy atom. The minimum Gasteiger partial charge on any atom is -0.497 e. The quantitative estimate of drug-likeness (QED) is 0.719. The Balaban J connectivity index is 1.39. The smallest absolute Gasteiger partial charge is 0.251 e. The van der Waals surface area contributed by atoms with Gasteiger partial charge in [-0.15, -0.1) is 0 Å². The van der Waals surface area contributed by atoms with Crippen molar-refractivity contribution >= 4 is 27.5 Å². The molecule has 32 heavy (non-hydrogen) atoms. The third-order valence-electron chi connectivity index (χ3n) is 5.91. The maximum absolute atomic E-state index is 12.8. The first-order valence-corrected chi connectivity index (χ1v) is 12.2. The molecule has 8 nitrogen and oxygen atoms in total. The van der Waals surface area contributed by atoms with Crippen LogP contribution in [0.5, 0.6) is 5.75 Å². The Kier molecular flexibility index (Phi) is 6.48. The van der Waals surface area contributed by atoms with Crippen molar-refractivity contribution in [2.24, 2.45) is 0 Å². The summed E-state index contributed by atoms with van der Waals surface area (Å²) in [4.78, 5) is 26.9. The van der Waals surface area contributed by atoms with Crippen molar-refractivity contribution in [3.8, 4) is 5.75 Å². The van der Waals surface area contributed by atoms with Gasteiger partial charge in [0.2, 0.25) is 15.9 Å². The van der Waals surface area contributed by atoms with Crippen LogP contribution in [0.1, 0.15) is 36.0 Å². The Morgan fingerprint density at radius 3 is 2.28 bits per heavy atom. The molecule has 2 saturated heterocycles. The van der Waals surface area contributed by atoms with Crippen LogP contribution in [-0.4, -0.2) is 57.3 Å². The highest BCUT2D eigenvalue weighted by Crippen LogP contribution is 2.25. The topological polar surface area (TPSA) is 96.0 Å². The molecule has 2 aliphatic heterocycles. The maximum atomic E-state index is 12.8. The highest BCUT2D eigenvalue weighted by Gasteiger charge is 2.32. The van der Waals surface area contributed by atoms with E-state index in [0.717, 1.165) is 24.9 Å². The SMILES string of the molecule is COc1ccc(N2C[C@H](NC(=O)c3ccc(S(=O)(=O)N4CCCCC4)cc3)CC2=O)cc1. The second-order valence-corrected chi connectivity index (χ2v) is 10.0. The van der Waals surface area contributed by atoms with Gasteiger partial charge in [-0.2, -0.15) is 4.31 Å². The number of sulfonamides is 1. The highest BCUT2D eigenvalue weighted by atomic mass is 32.2. The van der Waals surface area contributed by atoms with Gasteiger partial charge in [-0.3, -0.25) is 9.59 Å². The third-order valence-corrected chi connectivity index (χ3v) is 7.83. The van der Waals surface area contributed by atoms with E-state index in [1.165, 1.54) is 28.6 Å². The van der Waals surface area contributed by atoms with Gasteiger partial charge in [0.1, 0.15) is 5.75 Å². The van der Waals surface area contributed by atoms with E-state index in [1.807, 2.05) is 12.1 Å². The van der Waals surface area contributed by atoms with Crippen LogP contribution < -0.4 is 15.0 Å². The Morgan fingerprint density at radius 1 is 1.00 bits per heavy atom. The van der Waals surface area contributed by atoms with E-state index in [2.05, 4.69) is 5.32 Å². The monoisotopic (exact) mass is 457 g/mol. The van der Waals surface area contributed by atoms with E-state index in [4.69, 9.17) is 4.74 Å². The number of anilines is 1. The van der Waals surface area contributed by atoms with Gasteiger partial charge in [-0.05, 0) is 61.4 Å². The number of hydrogen-bond acceptors (Lipinski definition) is 5. The van der Waals surface area contributed by atoms with Crippen LogP contribution in [0, 0.1) is 0 Å². The molecule has 0 aliphatic carbocycles. The molecule has 1 N–H and O–H groups in total. The lowest BCUT2D eigenvalue weighted by atomic mass is 10.2. The summed E-state index contributed by atoms with van der Waals surface area (Å²) >= 11 is 0. The molecule has 2 aromatic carbocycles. The van der Waals surface area contributed by atoms with Gasteiger partial charge < -0.3 is 15.0 Å². The predicted octanol–water partition coefficient (Wildman–Crippen LogP) is 2.41. The molecular weight excluding hydrogens is 430 g/mol. The van der Waals surface area contributed by atoms with Crippen molar-refractivity contribution in [3.05, 3.63) is 54.1 Å². The predicted molar refractivity (Wildman–Crippen MR) is 120 cm³/mol. The normalized spacial score (nSPS) is 19.7. The summed E-state index contributed by atoms with van der Waals surface area (Å²) in [7, 11) is -1.96. The fourth-order valence-electron chi connectivity index (χ4n) is 4.12. The molecular formula is C23H27N3O5S. The van der Waals surface area contributed by atoms with Gasteiger partial charge in [-0.25, -0.2) is 8.42 Å². The standard InChI is InChI=1S/C23H27N3O5S/c1-31-20-9-7-19(8-10-20)26-16-18(15-22(26)27)24-23(28)17-5-11-21(12-6-17)32(29,30)25-13-3-2-4-14-25/h5-12,18H,2-4,13-16H2,1H3,(H,24,28)/t18-/m1/s1. The summed E-state index contributed by atoms with van der Waals surface area (Å²) in [6, 6.07) is 12.8. The largest absolute Gasteiger partial charge is 0.497 e. The van der Waals surface area contributed by atoms with Crippen molar-refractivity contribution in [2.45, 2.75) is 36.6 Å². The molecule has 1 atom stereocenters. The molecule has 0 saturated carbocycles. The molecule has 2 fully saturated rings. The minimum absolute atomic E-state index is 0.0663. The number of carbonyl (C=O) groups is 2. The number of hydrogen-bond donors (Lipinski definition) is 1. The lowest BCUT2D eigenvalue weighted by molar-refractivity contribution is -0.117. The summed E-state index contributed by atoms with van der Waals surface area (Å²) in [6.07, 6.45) is 2.99. The number of nitrogens with zero attached hydrogens (tertiary/aromatic N) is 2. The first-order chi connectivity index (χ1) is 15.4. The van der Waals surface area contributed by atoms with Gasteiger partial charge in [0.05, 0.1) is 18.0 Å². The number of amides is 2. The van der Waals surface area contributed by atoms with Gasteiger partial charge in [0.15, 0.2) is 0 Å². The lowest BCUT2D eigenvalue weighted by Crippen LogP contribution is -2.37. The summed E-state index contributed by atoms with van der Waals surface area (Å²) in [5, 5.41) is 2.88. The summed E-state index contributed by atoms with van der Waals surface area (Å²) in [6.45, 7) is 1.44. The number of methoxy groups -OCH3 is 1. The number of ether oxygens (including phenoxy) is 1. The van der Waals surface area contributed by atoms with Crippen LogP contribution in [0.15, 0.2) is 53.4 Å². The van der Waals surface area contributed by atoms with Gasteiger partial charge in [-0.1, -0.05) is 6.42 Å². The first kappa shape index (κ1) is 22.3. The Hall–Kier alpha value is -2.91. The van der Waals surface area contributed by atoms with E-state index in [9.17, 15) is 18.0 Å². The molecule has 0 aromatic heterocycles. The zero-order valence-corrected chi connectivity index (χ0v) is 18.8. The molecule has 2 aliphatic rings. The van der Waals surface area contributed by atoms with E-state index in [0.29, 0.717) is 30.9 Å². The molecule has 0 spiro atoms. The molecule has 9 heteroatoms. The van der Waals surface area contributed by atoms with Gasteiger partial charge in [0, 0.05) is 37.3 Å². The van der Waals surface area contributed by atoms with E-state index >= 15 is 0 Å². The van der Waals surface area contributed by atoms with Crippen LogP contribution in [0.4, 0.5) is 5.69 Å². The summed E-state index contributed by atoms with van der Waals surface area (Å²) in [5.41, 5.74) is 1.11. The van der Waals surface area contributed by atoms with Crippen LogP contribution in [-0.2, 0) is 14.8 Å². The van der Waals surface area contributed by atoms with E-state index < -0.39 is 10.0 Å². The van der Waals surface area contributed by atoms with Gasteiger partial charge in [0.25, 0.3) is 5.91 Å². The fourth-order valence-corrected chi connectivity index (χ4v) is 5.63. The van der Waals surface area contributed by atoms with Crippen LogP contribution in [0.2, 0.25) is 0 Å². The molecule has 4 rings (SSSR count). The average molecular weight is 458 g/mol. The minimum atomic E-state index is -3.54. The molecule has 0 radical (unpaired) electrons. The number of rotatable bonds is 6. The molecule has 2 heterocycles. The second kappa shape index (κ2) is 9.30. The Labute approximate surface area is 188 Å². The maximum Gasteiger partial charge on any atom is 0.251 e. The third kappa shape index (κ3) is 4.63. The zero-order valence-electron chi connectivity index (χ0n) is 18.0. The summed E-state index contributed by atoms with van der Waals surface area (Å²) < 4.78 is 32.2. The zero-order chi connectivity index (χ0) is 22.7. The van der Waals surface area contributed by atoms with Crippen molar-refractivity contribution in [1.29, 1.82) is 0 Å². The van der Waals surface area contributed by atoms with E-state index in [-0.39, 0.29) is 29.2 Å².